The van der Waals surface area contributed by atoms with Crippen molar-refractivity contribution >= 4 is 29.1 Å². The van der Waals surface area contributed by atoms with E-state index < -0.39 is 0 Å². The fraction of sp³-hybridized carbons (Fsp3) is 0.409. The molecule has 1 unspecified atom stereocenters. The quantitative estimate of drug-likeness (QED) is 0.691. The molecule has 0 aliphatic carbocycles. The Morgan fingerprint density at radius 3 is 2.59 bits per heavy atom. The lowest BCUT2D eigenvalue weighted by molar-refractivity contribution is -0.133. The zero-order chi connectivity index (χ0) is 20.4. The molecule has 1 saturated heterocycles. The molecule has 2 aromatic rings. The molecule has 2 aliphatic rings. The molecule has 7 heteroatoms. The van der Waals surface area contributed by atoms with Gasteiger partial charge in [-0.25, -0.2) is 0 Å². The standard InChI is InChI=1S/C22H24Cl2N2O3/c1-25(13-15-9-17(23)12-18(24)10-15)14-22(27)26-6-2-3-19(26)16-4-5-20-21(11-16)29-8-7-28-20/h4-5,9-12,19H,2-3,6-8,13-14H2,1H3. The Balaban J connectivity index is 1.42. The average Bonchev–Trinajstić information content (AvgIpc) is 3.16. The van der Waals surface area contributed by atoms with Crippen LogP contribution in [0.3, 0.4) is 0 Å². The summed E-state index contributed by atoms with van der Waals surface area (Å²) in [6.45, 7) is 2.85. The van der Waals surface area contributed by atoms with Gasteiger partial charge >= 0.3 is 0 Å². The highest BCUT2D eigenvalue weighted by atomic mass is 35.5. The number of likely N-dealkylation sites (tertiary alicyclic amines) is 1. The highest BCUT2D eigenvalue weighted by molar-refractivity contribution is 6.34. The van der Waals surface area contributed by atoms with Crippen LogP contribution in [-0.2, 0) is 11.3 Å². The molecule has 2 aromatic carbocycles. The first-order valence-electron chi connectivity index (χ1n) is 9.82. The van der Waals surface area contributed by atoms with Gasteiger partial charge in [0.2, 0.25) is 5.91 Å². The van der Waals surface area contributed by atoms with Crippen LogP contribution in [0.15, 0.2) is 36.4 Å². The Labute approximate surface area is 181 Å². The number of carbonyl (C=O) groups excluding carboxylic acids is 1. The molecule has 0 spiro atoms. The number of likely N-dealkylation sites (N-methyl/N-ethyl adjacent to an activating group) is 1. The van der Waals surface area contributed by atoms with E-state index in [9.17, 15) is 4.79 Å². The van der Waals surface area contributed by atoms with Crippen molar-refractivity contribution in [1.82, 2.24) is 9.80 Å². The highest BCUT2D eigenvalue weighted by Gasteiger charge is 2.31. The van der Waals surface area contributed by atoms with Gasteiger partial charge in [0.15, 0.2) is 11.5 Å². The molecule has 1 fully saturated rings. The van der Waals surface area contributed by atoms with Crippen LogP contribution < -0.4 is 9.47 Å². The van der Waals surface area contributed by atoms with Crippen molar-refractivity contribution in [2.75, 3.05) is 33.4 Å². The minimum atomic E-state index is 0.0762. The number of nitrogens with zero attached hydrogens (tertiary/aromatic N) is 2. The molecule has 5 nitrogen and oxygen atoms in total. The van der Waals surface area contributed by atoms with Crippen molar-refractivity contribution in [2.45, 2.75) is 25.4 Å². The van der Waals surface area contributed by atoms with Gasteiger partial charge in [-0.2, -0.15) is 0 Å². The number of amides is 1. The van der Waals surface area contributed by atoms with Gasteiger partial charge in [-0.05, 0) is 61.3 Å². The molecule has 0 N–H and O–H groups in total. The molecule has 2 heterocycles. The summed E-state index contributed by atoms with van der Waals surface area (Å²) < 4.78 is 11.3. The molecular formula is C22H24Cl2N2O3. The molecule has 1 atom stereocenters. The molecule has 1 amide bonds. The van der Waals surface area contributed by atoms with Gasteiger partial charge < -0.3 is 14.4 Å². The predicted octanol–water partition coefficient (Wildman–Crippen LogP) is 4.56. The number of halogens is 2. The van der Waals surface area contributed by atoms with Crippen LogP contribution in [0.1, 0.15) is 30.0 Å². The van der Waals surface area contributed by atoms with Gasteiger partial charge in [0, 0.05) is 23.1 Å². The summed E-state index contributed by atoms with van der Waals surface area (Å²) in [5.74, 6) is 1.66. The molecule has 0 saturated carbocycles. The first kappa shape index (κ1) is 20.3. The summed E-state index contributed by atoms with van der Waals surface area (Å²) in [5, 5.41) is 1.20. The van der Waals surface area contributed by atoms with E-state index >= 15 is 0 Å². The van der Waals surface area contributed by atoms with Crippen molar-refractivity contribution in [1.29, 1.82) is 0 Å². The first-order valence-corrected chi connectivity index (χ1v) is 10.6. The van der Waals surface area contributed by atoms with Gasteiger partial charge in [0.1, 0.15) is 13.2 Å². The lowest BCUT2D eigenvalue weighted by atomic mass is 10.0. The Morgan fingerprint density at radius 1 is 1.10 bits per heavy atom. The zero-order valence-electron chi connectivity index (χ0n) is 16.4. The molecule has 154 valence electrons. The smallest absolute Gasteiger partial charge is 0.237 e. The fourth-order valence-electron chi connectivity index (χ4n) is 4.07. The second-order valence-corrected chi connectivity index (χ2v) is 8.47. The van der Waals surface area contributed by atoms with E-state index in [-0.39, 0.29) is 11.9 Å². The van der Waals surface area contributed by atoms with E-state index in [1.807, 2.05) is 47.2 Å². The third-order valence-electron chi connectivity index (χ3n) is 5.30. The van der Waals surface area contributed by atoms with E-state index in [0.717, 1.165) is 42.0 Å². The van der Waals surface area contributed by atoms with Gasteiger partial charge in [-0.3, -0.25) is 9.69 Å². The lowest BCUT2D eigenvalue weighted by Crippen LogP contribution is -2.38. The highest BCUT2D eigenvalue weighted by Crippen LogP contribution is 2.38. The molecular weight excluding hydrogens is 411 g/mol. The second-order valence-electron chi connectivity index (χ2n) is 7.60. The van der Waals surface area contributed by atoms with Crippen LogP contribution in [-0.4, -0.2) is 49.1 Å². The van der Waals surface area contributed by atoms with Crippen molar-refractivity contribution in [3.05, 3.63) is 57.6 Å². The Bertz CT molecular complexity index is 885. The normalized spacial score (nSPS) is 18.3. The van der Waals surface area contributed by atoms with Crippen LogP contribution in [0, 0.1) is 0 Å². The number of hydrogen-bond acceptors (Lipinski definition) is 4. The van der Waals surface area contributed by atoms with Crippen LogP contribution in [0.5, 0.6) is 11.5 Å². The number of benzene rings is 2. The van der Waals surface area contributed by atoms with Crippen LogP contribution in [0.4, 0.5) is 0 Å². The number of carbonyl (C=O) groups is 1. The van der Waals surface area contributed by atoms with Gasteiger partial charge in [-0.15, -0.1) is 0 Å². The lowest BCUT2D eigenvalue weighted by Gasteiger charge is -2.28. The minimum absolute atomic E-state index is 0.0762. The van der Waals surface area contributed by atoms with Crippen molar-refractivity contribution in [3.8, 4) is 11.5 Å². The summed E-state index contributed by atoms with van der Waals surface area (Å²) in [4.78, 5) is 17.0. The van der Waals surface area contributed by atoms with Crippen LogP contribution >= 0.6 is 23.2 Å². The fourth-order valence-corrected chi connectivity index (χ4v) is 4.64. The molecule has 29 heavy (non-hydrogen) atoms. The SMILES string of the molecule is CN(CC(=O)N1CCCC1c1ccc2c(c1)OCCO2)Cc1cc(Cl)cc(Cl)c1. The van der Waals surface area contributed by atoms with Crippen molar-refractivity contribution < 1.29 is 14.3 Å². The predicted molar refractivity (Wildman–Crippen MR) is 114 cm³/mol. The summed E-state index contributed by atoms with van der Waals surface area (Å²) in [6, 6.07) is 11.5. The topological polar surface area (TPSA) is 42.0 Å². The molecule has 0 bridgehead atoms. The average molecular weight is 435 g/mol. The summed E-state index contributed by atoms with van der Waals surface area (Å²) in [7, 11) is 1.93. The van der Waals surface area contributed by atoms with Gasteiger partial charge in [0.05, 0.1) is 12.6 Å². The minimum Gasteiger partial charge on any atom is -0.486 e. The summed E-state index contributed by atoms with van der Waals surface area (Å²) >= 11 is 12.2. The van der Waals surface area contributed by atoms with E-state index in [0.29, 0.717) is 36.3 Å². The number of hydrogen-bond donors (Lipinski definition) is 0. The molecule has 2 aliphatic heterocycles. The monoisotopic (exact) mass is 434 g/mol. The van der Waals surface area contributed by atoms with E-state index in [1.165, 1.54) is 0 Å². The zero-order valence-corrected chi connectivity index (χ0v) is 17.9. The summed E-state index contributed by atoms with van der Waals surface area (Å²) in [6.07, 6.45) is 1.96. The third kappa shape index (κ3) is 4.80. The van der Waals surface area contributed by atoms with Crippen LogP contribution in [0.2, 0.25) is 10.0 Å². The Kier molecular flexibility index (Phi) is 6.18. The number of fused-ring (bicyclic) bond motifs is 1. The third-order valence-corrected chi connectivity index (χ3v) is 5.74. The van der Waals surface area contributed by atoms with Gasteiger partial charge in [-0.1, -0.05) is 29.3 Å². The maximum absolute atomic E-state index is 13.0. The Hall–Kier alpha value is -1.95. The summed E-state index contributed by atoms with van der Waals surface area (Å²) in [5.41, 5.74) is 2.09. The maximum atomic E-state index is 13.0. The molecule has 0 aromatic heterocycles. The van der Waals surface area contributed by atoms with E-state index in [2.05, 4.69) is 0 Å². The maximum Gasteiger partial charge on any atom is 0.237 e. The second kappa shape index (κ2) is 8.82. The number of ether oxygens (including phenoxy) is 2. The van der Waals surface area contributed by atoms with Crippen molar-refractivity contribution in [2.24, 2.45) is 0 Å². The Morgan fingerprint density at radius 2 is 1.83 bits per heavy atom. The first-order chi connectivity index (χ1) is 14.0. The van der Waals surface area contributed by atoms with Crippen molar-refractivity contribution in [3.63, 3.8) is 0 Å². The number of rotatable bonds is 5. The van der Waals surface area contributed by atoms with E-state index in [1.54, 1.807) is 6.07 Å². The molecule has 0 radical (unpaired) electrons. The largest absolute Gasteiger partial charge is 0.486 e. The molecule has 4 rings (SSSR count). The van der Waals surface area contributed by atoms with E-state index in [4.69, 9.17) is 32.7 Å². The van der Waals surface area contributed by atoms with Crippen LogP contribution in [0.25, 0.3) is 0 Å². The van der Waals surface area contributed by atoms with Gasteiger partial charge in [0.25, 0.3) is 0 Å².